The van der Waals surface area contributed by atoms with Crippen molar-refractivity contribution in [3.63, 3.8) is 0 Å². The van der Waals surface area contributed by atoms with Gasteiger partial charge in [-0.2, -0.15) is 0 Å². The van der Waals surface area contributed by atoms with Crippen LogP contribution in [0.4, 0.5) is 0 Å². The van der Waals surface area contributed by atoms with Crippen molar-refractivity contribution >= 4 is 15.8 Å². The van der Waals surface area contributed by atoms with Crippen LogP contribution >= 0.6 is 0 Å². The van der Waals surface area contributed by atoms with Crippen molar-refractivity contribution in [1.82, 2.24) is 20.4 Å². The highest BCUT2D eigenvalue weighted by molar-refractivity contribution is 7.91. The minimum Gasteiger partial charge on any atom is -0.355 e. The van der Waals surface area contributed by atoms with Gasteiger partial charge in [0.1, 0.15) is 0 Å². The van der Waals surface area contributed by atoms with E-state index in [4.69, 9.17) is 4.99 Å². The number of sulfone groups is 1. The molecule has 2 N–H and O–H groups in total. The van der Waals surface area contributed by atoms with Crippen LogP contribution in [0.2, 0.25) is 0 Å². The van der Waals surface area contributed by atoms with Gasteiger partial charge in [-0.1, -0.05) is 12.8 Å². The summed E-state index contributed by atoms with van der Waals surface area (Å²) in [5.41, 5.74) is 0. The van der Waals surface area contributed by atoms with Crippen LogP contribution in [-0.2, 0) is 9.84 Å². The van der Waals surface area contributed by atoms with E-state index >= 15 is 0 Å². The molecule has 7 nitrogen and oxygen atoms in total. The summed E-state index contributed by atoms with van der Waals surface area (Å²) < 4.78 is 23.4. The number of hydrogen-bond donors (Lipinski definition) is 2. The highest BCUT2D eigenvalue weighted by atomic mass is 32.2. The van der Waals surface area contributed by atoms with E-state index < -0.39 is 9.84 Å². The number of aliphatic imine (C=N–C) groups is 1. The van der Waals surface area contributed by atoms with Gasteiger partial charge in [0.2, 0.25) is 0 Å². The maximum atomic E-state index is 11.7. The molecule has 2 bridgehead atoms. The van der Waals surface area contributed by atoms with E-state index in [-0.39, 0.29) is 5.92 Å². The van der Waals surface area contributed by atoms with E-state index in [9.17, 15) is 8.42 Å². The Morgan fingerprint density at radius 1 is 1.08 bits per heavy atom. The molecular formula is C18H33N5O2S. The summed E-state index contributed by atoms with van der Waals surface area (Å²) in [4.78, 5) is 9.92. The fourth-order valence-corrected chi connectivity index (χ4v) is 6.63. The lowest BCUT2D eigenvalue weighted by molar-refractivity contribution is 0.0154. The third-order valence-corrected chi connectivity index (χ3v) is 8.26. The second-order valence-electron chi connectivity index (χ2n) is 8.46. The van der Waals surface area contributed by atoms with E-state index in [0.717, 1.165) is 25.5 Å². The van der Waals surface area contributed by atoms with Crippen LogP contribution in [0.1, 0.15) is 32.1 Å². The topological polar surface area (TPSA) is 77.0 Å². The van der Waals surface area contributed by atoms with Crippen molar-refractivity contribution in [1.29, 1.82) is 0 Å². The first-order chi connectivity index (χ1) is 12.6. The fraction of sp³-hybridized carbons (Fsp3) is 0.944. The minimum absolute atomic E-state index is 0.183. The van der Waals surface area contributed by atoms with E-state index in [0.29, 0.717) is 30.1 Å². The zero-order valence-corrected chi connectivity index (χ0v) is 16.5. The summed E-state index contributed by atoms with van der Waals surface area (Å²) >= 11 is 0. The van der Waals surface area contributed by atoms with Gasteiger partial charge >= 0.3 is 0 Å². The number of piperazine rings is 3. The number of guanidine groups is 1. The molecule has 0 spiro atoms. The molecule has 0 aromatic heterocycles. The molecule has 4 saturated heterocycles. The summed E-state index contributed by atoms with van der Waals surface area (Å²) in [6.07, 6.45) is 5.76. The van der Waals surface area contributed by atoms with Gasteiger partial charge < -0.3 is 10.6 Å². The summed E-state index contributed by atoms with van der Waals surface area (Å²) in [6.45, 7) is 7.43. The van der Waals surface area contributed by atoms with Crippen LogP contribution in [0, 0.1) is 5.92 Å². The van der Waals surface area contributed by atoms with Gasteiger partial charge in [0.25, 0.3) is 0 Å². The van der Waals surface area contributed by atoms with Gasteiger partial charge in [-0.25, -0.2) is 8.42 Å². The van der Waals surface area contributed by atoms with Crippen LogP contribution in [0.5, 0.6) is 0 Å². The highest BCUT2D eigenvalue weighted by Gasteiger charge is 2.32. The first-order valence-corrected chi connectivity index (χ1v) is 12.1. The van der Waals surface area contributed by atoms with Crippen molar-refractivity contribution in [2.24, 2.45) is 10.9 Å². The number of fused-ring (bicyclic) bond motifs is 3. The summed E-state index contributed by atoms with van der Waals surface area (Å²) in [7, 11) is -2.82. The number of nitrogens with zero attached hydrogens (tertiary/aromatic N) is 3. The molecule has 0 amide bonds. The van der Waals surface area contributed by atoms with Gasteiger partial charge in [0.15, 0.2) is 15.8 Å². The Morgan fingerprint density at radius 3 is 2.46 bits per heavy atom. The molecule has 2 atom stereocenters. The maximum absolute atomic E-state index is 11.7. The Hall–Kier alpha value is -0.860. The van der Waals surface area contributed by atoms with Gasteiger partial charge in [-0.15, -0.1) is 0 Å². The Kier molecular flexibility index (Phi) is 5.71. The Bertz CT molecular complexity index is 609. The quantitative estimate of drug-likeness (QED) is 0.510. The fourth-order valence-electron chi connectivity index (χ4n) is 4.79. The van der Waals surface area contributed by atoms with Crippen LogP contribution < -0.4 is 10.6 Å². The third-order valence-electron chi connectivity index (χ3n) is 6.43. The summed E-state index contributed by atoms with van der Waals surface area (Å²) in [6, 6.07) is 1.07. The van der Waals surface area contributed by atoms with Gasteiger partial charge in [0.05, 0.1) is 11.5 Å². The van der Waals surface area contributed by atoms with Crippen LogP contribution in [0.3, 0.4) is 0 Å². The predicted molar refractivity (Wildman–Crippen MR) is 104 cm³/mol. The monoisotopic (exact) mass is 383 g/mol. The van der Waals surface area contributed by atoms with Crippen molar-refractivity contribution in [2.75, 3.05) is 57.3 Å². The smallest absolute Gasteiger partial charge is 0.191 e. The lowest BCUT2D eigenvalue weighted by atomic mass is 10.1. The second-order valence-corrected chi connectivity index (χ2v) is 10.7. The Morgan fingerprint density at radius 2 is 1.85 bits per heavy atom. The van der Waals surface area contributed by atoms with Gasteiger partial charge in [-0.05, 0) is 25.2 Å². The molecule has 148 valence electrons. The molecule has 5 rings (SSSR count). The van der Waals surface area contributed by atoms with Crippen molar-refractivity contribution < 1.29 is 8.42 Å². The molecule has 26 heavy (non-hydrogen) atoms. The molecule has 1 saturated carbocycles. The average Bonchev–Trinajstić information content (AvgIpc) is 3.27. The van der Waals surface area contributed by atoms with Crippen molar-refractivity contribution in [3.8, 4) is 0 Å². The molecule has 2 unspecified atom stereocenters. The highest BCUT2D eigenvalue weighted by Crippen LogP contribution is 2.20. The van der Waals surface area contributed by atoms with Crippen molar-refractivity contribution in [3.05, 3.63) is 0 Å². The van der Waals surface area contributed by atoms with E-state index in [1.54, 1.807) is 0 Å². The normalized spacial score (nSPS) is 37.2. The number of nitrogens with one attached hydrogen (secondary N) is 2. The lowest BCUT2D eigenvalue weighted by Gasteiger charge is -2.47. The number of hydrogen-bond acceptors (Lipinski definition) is 5. The average molecular weight is 384 g/mol. The SMILES string of the molecule is O=S1(=O)CCC(CN=C(NCC2CN3CCN2CC3)NC2CCCC2)C1. The molecular weight excluding hydrogens is 350 g/mol. The predicted octanol–water partition coefficient (Wildman–Crippen LogP) is -0.101. The van der Waals surface area contributed by atoms with Crippen molar-refractivity contribution in [2.45, 2.75) is 44.2 Å². The summed E-state index contributed by atoms with van der Waals surface area (Å²) in [5.74, 6) is 1.71. The molecule has 0 aromatic carbocycles. The zero-order valence-electron chi connectivity index (χ0n) is 15.7. The lowest BCUT2D eigenvalue weighted by Crippen LogP contribution is -2.64. The van der Waals surface area contributed by atoms with Crippen LogP contribution in [-0.4, -0.2) is 93.6 Å². The van der Waals surface area contributed by atoms with E-state index in [2.05, 4.69) is 20.4 Å². The molecule has 1 aliphatic carbocycles. The molecule has 4 heterocycles. The molecule has 0 radical (unpaired) electrons. The summed E-state index contributed by atoms with van der Waals surface area (Å²) in [5, 5.41) is 7.17. The number of rotatable bonds is 5. The maximum Gasteiger partial charge on any atom is 0.191 e. The molecule has 0 aromatic rings. The zero-order chi connectivity index (χ0) is 18.0. The largest absolute Gasteiger partial charge is 0.355 e. The van der Waals surface area contributed by atoms with Crippen LogP contribution in [0.15, 0.2) is 4.99 Å². The van der Waals surface area contributed by atoms with E-state index in [1.807, 2.05) is 0 Å². The van der Waals surface area contributed by atoms with Gasteiger partial charge in [-0.3, -0.25) is 14.8 Å². The molecule has 8 heteroatoms. The third kappa shape index (κ3) is 4.70. The first kappa shape index (κ1) is 18.5. The molecule has 5 aliphatic rings. The molecule has 5 fully saturated rings. The Labute approximate surface area is 157 Å². The van der Waals surface area contributed by atoms with Crippen LogP contribution in [0.25, 0.3) is 0 Å². The minimum atomic E-state index is -2.82. The standard InChI is InChI=1S/C18H33N5O2S/c24-26(25)10-5-15(14-26)11-19-18(21-16-3-1-2-4-16)20-12-17-13-22-6-8-23(17)9-7-22/h15-17H,1-14H2,(H2,19,20,21). The second kappa shape index (κ2) is 8.02. The molecule has 4 aliphatic heterocycles. The first-order valence-electron chi connectivity index (χ1n) is 10.3. The van der Waals surface area contributed by atoms with E-state index in [1.165, 1.54) is 51.9 Å². The van der Waals surface area contributed by atoms with Gasteiger partial charge in [0, 0.05) is 57.9 Å². The Balaban J connectivity index is 1.33.